The maximum Gasteiger partial charge on any atom is 0.353 e. The Kier molecular flexibility index (Phi) is 4.45. The van der Waals surface area contributed by atoms with Crippen LogP contribution in [-0.4, -0.2) is 40.7 Å². The average molecular weight is 267 g/mol. The van der Waals surface area contributed by atoms with Crippen molar-refractivity contribution in [3.05, 3.63) is 16.4 Å². The summed E-state index contributed by atoms with van der Waals surface area (Å²) >= 11 is 0. The van der Waals surface area contributed by atoms with Gasteiger partial charge in [0, 0.05) is 25.8 Å². The summed E-state index contributed by atoms with van der Waals surface area (Å²) in [6.45, 7) is 3.75. The molecule has 0 radical (unpaired) electrons. The predicted octanol–water partition coefficient (Wildman–Crippen LogP) is 1.41. The third kappa shape index (κ3) is 3.28. The van der Waals surface area contributed by atoms with Crippen molar-refractivity contribution in [1.29, 1.82) is 0 Å². The van der Waals surface area contributed by atoms with E-state index in [4.69, 9.17) is 4.74 Å². The molecule has 2 rings (SSSR count). The Morgan fingerprint density at radius 1 is 1.42 bits per heavy atom. The molecule has 0 aromatic carbocycles. The van der Waals surface area contributed by atoms with Crippen molar-refractivity contribution < 1.29 is 9.66 Å². The van der Waals surface area contributed by atoms with E-state index >= 15 is 0 Å². The first kappa shape index (κ1) is 13.5. The van der Waals surface area contributed by atoms with E-state index in [0.717, 1.165) is 12.8 Å². The molecule has 1 aliphatic rings. The van der Waals surface area contributed by atoms with Gasteiger partial charge in [0.05, 0.1) is 4.92 Å². The van der Waals surface area contributed by atoms with Gasteiger partial charge in [0.15, 0.2) is 0 Å². The molecule has 19 heavy (non-hydrogen) atoms. The number of nitrogens with zero attached hydrogens (tertiary/aromatic N) is 3. The van der Waals surface area contributed by atoms with Crippen LogP contribution in [0.1, 0.15) is 19.8 Å². The molecule has 0 unspecified atom stereocenters. The van der Waals surface area contributed by atoms with Gasteiger partial charge in [-0.1, -0.05) is 0 Å². The number of hydrogen-bond donors (Lipinski definition) is 2. The van der Waals surface area contributed by atoms with Crippen molar-refractivity contribution in [1.82, 2.24) is 9.97 Å². The molecule has 1 saturated heterocycles. The minimum Gasteiger partial charge on any atom is -0.381 e. The summed E-state index contributed by atoms with van der Waals surface area (Å²) in [6.07, 6.45) is 2.96. The van der Waals surface area contributed by atoms with Crippen LogP contribution in [0.15, 0.2) is 6.33 Å². The highest BCUT2D eigenvalue weighted by atomic mass is 16.6. The number of ether oxygens (including phenoxy) is 1. The molecule has 1 aromatic rings. The van der Waals surface area contributed by atoms with Gasteiger partial charge in [-0.15, -0.1) is 0 Å². The SMILES string of the molecule is CCNc1ncnc(NC2CCOCC2)c1[N+](=O)[O-]. The molecule has 0 aliphatic carbocycles. The average Bonchev–Trinajstić information content (AvgIpc) is 2.40. The van der Waals surface area contributed by atoms with Crippen LogP contribution in [0.5, 0.6) is 0 Å². The van der Waals surface area contributed by atoms with Crippen molar-refractivity contribution in [2.75, 3.05) is 30.4 Å². The van der Waals surface area contributed by atoms with Crippen LogP contribution in [-0.2, 0) is 4.74 Å². The molecule has 0 spiro atoms. The second-order valence-electron chi connectivity index (χ2n) is 4.24. The first-order chi connectivity index (χ1) is 9.22. The normalized spacial score (nSPS) is 16.1. The van der Waals surface area contributed by atoms with Gasteiger partial charge >= 0.3 is 5.69 Å². The van der Waals surface area contributed by atoms with Gasteiger partial charge in [0.1, 0.15) is 6.33 Å². The highest BCUT2D eigenvalue weighted by molar-refractivity contribution is 5.69. The molecule has 8 nitrogen and oxygen atoms in total. The Morgan fingerprint density at radius 3 is 2.74 bits per heavy atom. The smallest absolute Gasteiger partial charge is 0.353 e. The third-order valence-corrected chi connectivity index (χ3v) is 2.91. The lowest BCUT2D eigenvalue weighted by atomic mass is 10.1. The monoisotopic (exact) mass is 267 g/mol. The molecule has 2 N–H and O–H groups in total. The molecule has 0 amide bonds. The van der Waals surface area contributed by atoms with Gasteiger partial charge < -0.3 is 15.4 Å². The number of rotatable bonds is 5. The number of nitrogens with one attached hydrogen (secondary N) is 2. The van der Waals surface area contributed by atoms with Gasteiger partial charge in [-0.3, -0.25) is 10.1 Å². The number of aromatic nitrogens is 2. The summed E-state index contributed by atoms with van der Waals surface area (Å²) in [5, 5.41) is 17.2. The second-order valence-corrected chi connectivity index (χ2v) is 4.24. The Bertz CT molecular complexity index is 448. The fraction of sp³-hybridized carbons (Fsp3) is 0.636. The molecule has 0 bridgehead atoms. The van der Waals surface area contributed by atoms with Gasteiger partial charge in [-0.2, -0.15) is 0 Å². The fourth-order valence-corrected chi connectivity index (χ4v) is 1.99. The largest absolute Gasteiger partial charge is 0.381 e. The van der Waals surface area contributed by atoms with Crippen molar-refractivity contribution >= 4 is 17.3 Å². The van der Waals surface area contributed by atoms with E-state index in [2.05, 4.69) is 20.6 Å². The van der Waals surface area contributed by atoms with E-state index in [1.807, 2.05) is 6.92 Å². The number of nitro groups is 1. The quantitative estimate of drug-likeness (QED) is 0.614. The molecule has 2 heterocycles. The van der Waals surface area contributed by atoms with Gasteiger partial charge in [-0.05, 0) is 19.8 Å². The zero-order valence-corrected chi connectivity index (χ0v) is 10.8. The lowest BCUT2D eigenvalue weighted by molar-refractivity contribution is -0.383. The van der Waals surface area contributed by atoms with Crippen LogP contribution in [0.3, 0.4) is 0 Å². The highest BCUT2D eigenvalue weighted by Crippen LogP contribution is 2.30. The van der Waals surface area contributed by atoms with Gasteiger partial charge in [0.25, 0.3) is 0 Å². The van der Waals surface area contributed by atoms with Crippen molar-refractivity contribution in [2.24, 2.45) is 0 Å². The van der Waals surface area contributed by atoms with Crippen LogP contribution >= 0.6 is 0 Å². The lowest BCUT2D eigenvalue weighted by Crippen LogP contribution is -2.28. The summed E-state index contributed by atoms with van der Waals surface area (Å²) < 4.78 is 5.26. The number of hydrogen-bond acceptors (Lipinski definition) is 7. The van der Waals surface area contributed by atoms with E-state index in [-0.39, 0.29) is 23.4 Å². The van der Waals surface area contributed by atoms with Crippen LogP contribution < -0.4 is 10.6 Å². The second kappa shape index (κ2) is 6.28. The van der Waals surface area contributed by atoms with Crippen LogP contribution in [0.25, 0.3) is 0 Å². The standard InChI is InChI=1S/C11H17N5O3/c1-2-12-10-9(16(17)18)11(14-7-13-10)15-8-3-5-19-6-4-8/h7-8H,2-6H2,1H3,(H2,12,13,14,15). The topological polar surface area (TPSA) is 102 Å². The van der Waals surface area contributed by atoms with Crippen LogP contribution in [0.4, 0.5) is 17.3 Å². The molecule has 1 aromatic heterocycles. The van der Waals surface area contributed by atoms with Crippen molar-refractivity contribution in [3.8, 4) is 0 Å². The Hall–Kier alpha value is -1.96. The van der Waals surface area contributed by atoms with Crippen molar-refractivity contribution in [2.45, 2.75) is 25.8 Å². The van der Waals surface area contributed by atoms with Crippen LogP contribution in [0, 0.1) is 10.1 Å². The Labute approximate surface area is 110 Å². The van der Waals surface area contributed by atoms with E-state index in [0.29, 0.717) is 19.8 Å². The fourth-order valence-electron chi connectivity index (χ4n) is 1.99. The van der Waals surface area contributed by atoms with Crippen molar-refractivity contribution in [3.63, 3.8) is 0 Å². The molecular formula is C11H17N5O3. The zero-order valence-electron chi connectivity index (χ0n) is 10.8. The van der Waals surface area contributed by atoms with Crippen LogP contribution in [0.2, 0.25) is 0 Å². The number of anilines is 2. The molecule has 0 saturated carbocycles. The summed E-state index contributed by atoms with van der Waals surface area (Å²) in [5.74, 6) is 0.514. The van der Waals surface area contributed by atoms with E-state index < -0.39 is 4.92 Å². The summed E-state index contributed by atoms with van der Waals surface area (Å²) in [7, 11) is 0. The molecule has 8 heteroatoms. The minimum absolute atomic E-state index is 0.101. The van der Waals surface area contributed by atoms with Gasteiger partial charge in [0.2, 0.25) is 11.6 Å². The Morgan fingerprint density at radius 2 is 2.11 bits per heavy atom. The highest BCUT2D eigenvalue weighted by Gasteiger charge is 2.25. The van der Waals surface area contributed by atoms with E-state index in [9.17, 15) is 10.1 Å². The minimum atomic E-state index is -0.459. The molecule has 1 aliphatic heterocycles. The summed E-state index contributed by atoms with van der Waals surface area (Å²) in [6, 6.07) is 0.150. The first-order valence-electron chi connectivity index (χ1n) is 6.30. The Balaban J connectivity index is 2.22. The zero-order chi connectivity index (χ0) is 13.7. The maximum atomic E-state index is 11.2. The molecule has 104 valence electrons. The molecular weight excluding hydrogens is 250 g/mol. The lowest BCUT2D eigenvalue weighted by Gasteiger charge is -2.23. The third-order valence-electron chi connectivity index (χ3n) is 2.91. The van der Waals surface area contributed by atoms with E-state index in [1.54, 1.807) is 0 Å². The molecule has 0 atom stereocenters. The maximum absolute atomic E-state index is 11.2. The van der Waals surface area contributed by atoms with Gasteiger partial charge in [-0.25, -0.2) is 9.97 Å². The summed E-state index contributed by atoms with van der Waals surface area (Å²) in [5.41, 5.74) is -0.101. The summed E-state index contributed by atoms with van der Waals surface area (Å²) in [4.78, 5) is 18.6. The first-order valence-corrected chi connectivity index (χ1v) is 6.30. The molecule has 1 fully saturated rings. The van der Waals surface area contributed by atoms with E-state index in [1.165, 1.54) is 6.33 Å². The predicted molar refractivity (Wildman–Crippen MR) is 70.3 cm³/mol.